The molecule has 0 aliphatic rings. The second kappa shape index (κ2) is 9.60. The SMILES string of the molecule is C=C(C)C(=O)OC(OCCC(F)(F)S(=O)(=O)O)(C(=O)OCCCC)C(F)(F)F. The average molecular weight is 442 g/mol. The van der Waals surface area contributed by atoms with E-state index in [-0.39, 0.29) is 6.42 Å². The maximum absolute atomic E-state index is 13.5. The molecule has 0 radical (unpaired) electrons. The van der Waals surface area contributed by atoms with Crippen molar-refractivity contribution in [1.82, 2.24) is 0 Å². The van der Waals surface area contributed by atoms with E-state index < -0.39 is 64.5 Å². The second-order valence-electron chi connectivity index (χ2n) is 5.48. The van der Waals surface area contributed by atoms with E-state index in [1.165, 1.54) is 0 Å². The third-order valence-electron chi connectivity index (χ3n) is 3.03. The summed E-state index contributed by atoms with van der Waals surface area (Å²) in [4.78, 5) is 23.5. The highest BCUT2D eigenvalue weighted by Gasteiger charge is 2.68. The van der Waals surface area contributed by atoms with E-state index in [2.05, 4.69) is 20.8 Å². The van der Waals surface area contributed by atoms with Gasteiger partial charge in [-0.15, -0.1) is 0 Å². The Hall–Kier alpha value is -1.80. The van der Waals surface area contributed by atoms with E-state index in [0.29, 0.717) is 6.42 Å². The molecule has 1 unspecified atom stereocenters. The molecule has 0 saturated heterocycles. The molecular formula is C14H19F5O8S. The molecule has 0 heterocycles. The number of carbonyl (C=O) groups excluding carboxylic acids is 2. The molecule has 0 aromatic heterocycles. The molecule has 0 aliphatic heterocycles. The maximum Gasteiger partial charge on any atom is 0.468 e. The fraction of sp³-hybridized carbons (Fsp3) is 0.714. The topological polar surface area (TPSA) is 116 Å². The van der Waals surface area contributed by atoms with E-state index in [1.54, 1.807) is 6.92 Å². The molecule has 1 N–H and O–H groups in total. The van der Waals surface area contributed by atoms with E-state index in [0.717, 1.165) is 6.92 Å². The first kappa shape index (κ1) is 26.2. The van der Waals surface area contributed by atoms with Crippen molar-refractivity contribution in [3.8, 4) is 0 Å². The van der Waals surface area contributed by atoms with Crippen LogP contribution in [-0.4, -0.2) is 55.3 Å². The van der Waals surface area contributed by atoms with Crippen LogP contribution in [0.25, 0.3) is 0 Å². The summed E-state index contributed by atoms with van der Waals surface area (Å²) in [5, 5.41) is -4.88. The standard InChI is InChI=1S/C14H19F5O8S/c1-4-5-7-25-11(21)13(14(17,18)19,27-10(20)9(2)3)26-8-6-12(15,16)28(22,23)24/h2,4-8H2,1,3H3,(H,22,23,24). The van der Waals surface area contributed by atoms with Crippen LogP contribution in [0.3, 0.4) is 0 Å². The summed E-state index contributed by atoms with van der Waals surface area (Å²) >= 11 is 0. The highest BCUT2D eigenvalue weighted by molar-refractivity contribution is 7.86. The summed E-state index contributed by atoms with van der Waals surface area (Å²) in [6.07, 6.45) is -7.21. The summed E-state index contributed by atoms with van der Waals surface area (Å²) < 4.78 is 109. The van der Waals surface area contributed by atoms with Crippen molar-refractivity contribution in [1.29, 1.82) is 0 Å². The second-order valence-corrected chi connectivity index (χ2v) is 7.03. The van der Waals surface area contributed by atoms with E-state index >= 15 is 0 Å². The summed E-state index contributed by atoms with van der Waals surface area (Å²) in [6.45, 7) is 3.32. The number of hydrogen-bond donors (Lipinski definition) is 1. The normalized spacial score (nSPS) is 14.9. The Bertz CT molecular complexity index is 688. The van der Waals surface area contributed by atoms with Gasteiger partial charge in [-0.2, -0.15) is 30.4 Å². The van der Waals surface area contributed by atoms with Crippen LogP contribution >= 0.6 is 0 Å². The zero-order valence-electron chi connectivity index (χ0n) is 14.8. The Morgan fingerprint density at radius 2 is 1.64 bits per heavy atom. The average Bonchev–Trinajstić information content (AvgIpc) is 2.51. The van der Waals surface area contributed by atoms with Crippen LogP contribution in [0.1, 0.15) is 33.1 Å². The molecule has 0 bridgehead atoms. The minimum Gasteiger partial charge on any atom is -0.461 e. The van der Waals surface area contributed by atoms with Crippen LogP contribution in [0.2, 0.25) is 0 Å². The van der Waals surface area contributed by atoms with Crippen LogP contribution in [0.5, 0.6) is 0 Å². The Morgan fingerprint density at radius 3 is 2.04 bits per heavy atom. The summed E-state index contributed by atoms with van der Waals surface area (Å²) in [7, 11) is -5.96. The molecule has 28 heavy (non-hydrogen) atoms. The first-order valence-corrected chi connectivity index (χ1v) is 9.07. The lowest BCUT2D eigenvalue weighted by Gasteiger charge is -2.32. The van der Waals surface area contributed by atoms with Crippen molar-refractivity contribution < 1.29 is 58.7 Å². The van der Waals surface area contributed by atoms with Gasteiger partial charge in [0.25, 0.3) is 0 Å². The quantitative estimate of drug-likeness (QED) is 0.130. The van der Waals surface area contributed by atoms with Crippen molar-refractivity contribution in [2.45, 2.75) is 50.3 Å². The van der Waals surface area contributed by atoms with Gasteiger partial charge in [-0.1, -0.05) is 19.9 Å². The lowest BCUT2D eigenvalue weighted by Crippen LogP contribution is -2.58. The minimum atomic E-state index is -5.96. The lowest BCUT2D eigenvalue weighted by molar-refractivity contribution is -0.355. The molecule has 0 amide bonds. The Balaban J connectivity index is 5.81. The van der Waals surface area contributed by atoms with Gasteiger partial charge < -0.3 is 14.2 Å². The zero-order chi connectivity index (χ0) is 22.4. The van der Waals surface area contributed by atoms with E-state index in [1.807, 2.05) is 0 Å². The Labute approximate surface area is 157 Å². The number of hydrogen-bond acceptors (Lipinski definition) is 7. The van der Waals surface area contributed by atoms with E-state index in [9.17, 15) is 40.0 Å². The van der Waals surface area contributed by atoms with Crippen molar-refractivity contribution >= 4 is 22.1 Å². The number of halogens is 5. The van der Waals surface area contributed by atoms with Gasteiger partial charge in [0.2, 0.25) is 0 Å². The molecule has 0 saturated carbocycles. The number of carbonyl (C=O) groups is 2. The van der Waals surface area contributed by atoms with Crippen molar-refractivity contribution in [3.63, 3.8) is 0 Å². The first-order valence-electron chi connectivity index (χ1n) is 7.63. The molecule has 0 spiro atoms. The zero-order valence-corrected chi connectivity index (χ0v) is 15.7. The highest BCUT2D eigenvalue weighted by Crippen LogP contribution is 2.38. The van der Waals surface area contributed by atoms with Crippen LogP contribution < -0.4 is 0 Å². The maximum atomic E-state index is 13.5. The number of ether oxygens (including phenoxy) is 3. The van der Waals surface area contributed by atoms with E-state index in [4.69, 9.17) is 4.55 Å². The van der Waals surface area contributed by atoms with Crippen LogP contribution in [0.4, 0.5) is 22.0 Å². The predicted molar refractivity (Wildman–Crippen MR) is 82.6 cm³/mol. The molecule has 1 atom stereocenters. The molecule has 8 nitrogen and oxygen atoms in total. The third kappa shape index (κ3) is 6.67. The fourth-order valence-corrected chi connectivity index (χ4v) is 1.79. The lowest BCUT2D eigenvalue weighted by atomic mass is 10.2. The van der Waals surface area contributed by atoms with Gasteiger partial charge in [0.1, 0.15) is 0 Å². The van der Waals surface area contributed by atoms with Gasteiger partial charge in [-0.3, -0.25) is 4.55 Å². The summed E-state index contributed by atoms with van der Waals surface area (Å²) in [5.74, 6) is -8.43. The van der Waals surface area contributed by atoms with Crippen LogP contribution in [0, 0.1) is 0 Å². The fourth-order valence-electron chi connectivity index (χ4n) is 1.45. The highest BCUT2D eigenvalue weighted by atomic mass is 32.2. The first-order chi connectivity index (χ1) is 12.5. The van der Waals surface area contributed by atoms with Gasteiger partial charge in [-0.25, -0.2) is 9.59 Å². The Morgan fingerprint density at radius 1 is 1.11 bits per heavy atom. The van der Waals surface area contributed by atoms with Gasteiger partial charge in [0.15, 0.2) is 0 Å². The number of rotatable bonds is 11. The summed E-state index contributed by atoms with van der Waals surface area (Å²) in [5.41, 5.74) is -0.582. The smallest absolute Gasteiger partial charge is 0.461 e. The van der Waals surface area contributed by atoms with Gasteiger partial charge >= 0.3 is 39.3 Å². The van der Waals surface area contributed by atoms with Crippen LogP contribution in [-0.2, 0) is 33.9 Å². The largest absolute Gasteiger partial charge is 0.468 e. The predicted octanol–water partition coefficient (Wildman–Crippen LogP) is 2.59. The van der Waals surface area contributed by atoms with Gasteiger partial charge in [0, 0.05) is 5.57 Å². The van der Waals surface area contributed by atoms with Gasteiger partial charge in [-0.05, 0) is 13.3 Å². The molecule has 0 aliphatic carbocycles. The third-order valence-corrected chi connectivity index (χ3v) is 3.99. The molecule has 164 valence electrons. The summed E-state index contributed by atoms with van der Waals surface area (Å²) in [6, 6.07) is 0. The molecule has 0 fully saturated rings. The number of unbranched alkanes of at least 4 members (excludes halogenated alkanes) is 1. The number of esters is 2. The van der Waals surface area contributed by atoms with Crippen molar-refractivity contribution in [2.24, 2.45) is 0 Å². The monoisotopic (exact) mass is 442 g/mol. The van der Waals surface area contributed by atoms with Gasteiger partial charge in [0.05, 0.1) is 19.6 Å². The van der Waals surface area contributed by atoms with Crippen LogP contribution in [0.15, 0.2) is 12.2 Å². The molecule has 0 rings (SSSR count). The number of alkyl halides is 5. The Kier molecular flexibility index (Phi) is 8.99. The van der Waals surface area contributed by atoms with Crippen molar-refractivity contribution in [3.05, 3.63) is 12.2 Å². The minimum absolute atomic E-state index is 0.134. The molecule has 14 heteroatoms. The van der Waals surface area contributed by atoms with Crippen molar-refractivity contribution in [2.75, 3.05) is 13.2 Å². The molecule has 0 aromatic carbocycles. The molecule has 0 aromatic rings. The molecular weight excluding hydrogens is 423 g/mol.